The van der Waals surface area contributed by atoms with Crippen LogP contribution in [0.25, 0.3) is 0 Å². The van der Waals surface area contributed by atoms with Crippen LogP contribution in [-0.2, 0) is 14.6 Å². The molecule has 1 aliphatic heterocycles. The SMILES string of the molecule is CS(=O)(=O)C1=NN(c2ccccc2)C(=O)C1. The molecule has 0 unspecified atom stereocenters. The van der Waals surface area contributed by atoms with Gasteiger partial charge in [-0.1, -0.05) is 18.2 Å². The molecule has 0 radical (unpaired) electrons. The first-order valence-corrected chi connectivity index (χ1v) is 6.53. The molecule has 6 heteroatoms. The predicted molar refractivity (Wildman–Crippen MR) is 60.8 cm³/mol. The number of para-hydroxylation sites is 1. The Balaban J connectivity index is 2.39. The maximum absolute atomic E-state index is 11.6. The first kappa shape index (κ1) is 10.8. The van der Waals surface area contributed by atoms with Crippen molar-refractivity contribution in [3.8, 4) is 0 Å². The summed E-state index contributed by atoms with van der Waals surface area (Å²) in [6.07, 6.45) is 0.890. The van der Waals surface area contributed by atoms with E-state index in [2.05, 4.69) is 5.10 Å². The summed E-state index contributed by atoms with van der Waals surface area (Å²) in [7, 11) is -3.39. The van der Waals surface area contributed by atoms with Gasteiger partial charge in [-0.15, -0.1) is 0 Å². The van der Waals surface area contributed by atoms with E-state index < -0.39 is 9.84 Å². The molecule has 0 aromatic heterocycles. The molecule has 0 spiro atoms. The Morgan fingerprint density at radius 3 is 2.38 bits per heavy atom. The third-order valence-electron chi connectivity index (χ3n) is 2.18. The monoisotopic (exact) mass is 238 g/mol. The van der Waals surface area contributed by atoms with E-state index in [9.17, 15) is 13.2 Å². The number of sulfone groups is 1. The number of carbonyl (C=O) groups excluding carboxylic acids is 1. The summed E-state index contributed by atoms with van der Waals surface area (Å²) in [5, 5.41) is 4.86. The quantitative estimate of drug-likeness (QED) is 0.726. The summed E-state index contributed by atoms with van der Waals surface area (Å²) in [5.74, 6) is -0.327. The van der Waals surface area contributed by atoms with E-state index in [1.165, 1.54) is 0 Å². The van der Waals surface area contributed by atoms with Crippen molar-refractivity contribution in [1.29, 1.82) is 0 Å². The van der Waals surface area contributed by atoms with Crippen LogP contribution in [0.5, 0.6) is 0 Å². The predicted octanol–water partition coefficient (Wildman–Crippen LogP) is 0.781. The van der Waals surface area contributed by atoms with Crippen molar-refractivity contribution in [2.45, 2.75) is 6.42 Å². The molecular formula is C10H10N2O3S. The van der Waals surface area contributed by atoms with Gasteiger partial charge >= 0.3 is 0 Å². The van der Waals surface area contributed by atoms with E-state index in [0.29, 0.717) is 5.69 Å². The smallest absolute Gasteiger partial charge is 0.254 e. The fourth-order valence-corrected chi connectivity index (χ4v) is 2.00. The van der Waals surface area contributed by atoms with Gasteiger partial charge in [0.25, 0.3) is 5.91 Å². The van der Waals surface area contributed by atoms with Gasteiger partial charge in [-0.3, -0.25) is 4.79 Å². The van der Waals surface area contributed by atoms with E-state index >= 15 is 0 Å². The summed E-state index contributed by atoms with van der Waals surface area (Å²) >= 11 is 0. The highest BCUT2D eigenvalue weighted by Gasteiger charge is 2.30. The molecule has 0 saturated carbocycles. The summed E-state index contributed by atoms with van der Waals surface area (Å²) in [6, 6.07) is 8.73. The molecule has 1 aliphatic rings. The van der Waals surface area contributed by atoms with Crippen LogP contribution in [0.4, 0.5) is 5.69 Å². The number of hydrogen-bond acceptors (Lipinski definition) is 4. The van der Waals surface area contributed by atoms with E-state index in [-0.39, 0.29) is 17.4 Å². The van der Waals surface area contributed by atoms with Crippen LogP contribution >= 0.6 is 0 Å². The molecule has 0 aliphatic carbocycles. The Morgan fingerprint density at radius 1 is 1.25 bits per heavy atom. The van der Waals surface area contributed by atoms with Gasteiger partial charge in [0.1, 0.15) is 0 Å². The molecule has 0 saturated heterocycles. The van der Waals surface area contributed by atoms with Gasteiger partial charge in [-0.05, 0) is 12.1 Å². The molecule has 1 aromatic carbocycles. The summed E-state index contributed by atoms with van der Waals surface area (Å²) in [6.45, 7) is 0. The second-order valence-electron chi connectivity index (χ2n) is 3.48. The zero-order chi connectivity index (χ0) is 11.8. The van der Waals surface area contributed by atoms with E-state index in [1.54, 1.807) is 24.3 Å². The van der Waals surface area contributed by atoms with Gasteiger partial charge < -0.3 is 0 Å². The highest BCUT2D eigenvalue weighted by atomic mass is 32.2. The van der Waals surface area contributed by atoms with Crippen molar-refractivity contribution in [3.05, 3.63) is 30.3 Å². The first-order valence-electron chi connectivity index (χ1n) is 4.64. The molecule has 0 atom stereocenters. The van der Waals surface area contributed by atoms with Gasteiger partial charge in [0.15, 0.2) is 14.9 Å². The molecule has 0 N–H and O–H groups in total. The fraction of sp³-hybridized carbons (Fsp3) is 0.200. The third-order valence-corrected chi connectivity index (χ3v) is 3.26. The Hall–Kier alpha value is -1.69. The number of anilines is 1. The van der Waals surface area contributed by atoms with Gasteiger partial charge in [0, 0.05) is 6.26 Å². The topological polar surface area (TPSA) is 66.8 Å². The molecule has 0 fully saturated rings. The molecule has 5 nitrogen and oxygen atoms in total. The lowest BCUT2D eigenvalue weighted by Crippen LogP contribution is -2.19. The fourth-order valence-electron chi connectivity index (χ4n) is 1.38. The van der Waals surface area contributed by atoms with Crippen molar-refractivity contribution < 1.29 is 13.2 Å². The number of hydrazone groups is 1. The Labute approximate surface area is 93.3 Å². The number of amides is 1. The van der Waals surface area contributed by atoms with E-state index in [0.717, 1.165) is 11.3 Å². The molecule has 0 bridgehead atoms. The zero-order valence-corrected chi connectivity index (χ0v) is 9.44. The first-order chi connectivity index (χ1) is 7.48. The number of nitrogens with zero attached hydrogens (tertiary/aromatic N) is 2. The Bertz CT molecular complexity index is 549. The van der Waals surface area contributed by atoms with E-state index in [4.69, 9.17) is 0 Å². The van der Waals surface area contributed by atoms with Crippen molar-refractivity contribution in [3.63, 3.8) is 0 Å². The van der Waals surface area contributed by atoms with Crippen molar-refractivity contribution in [2.75, 3.05) is 11.3 Å². The summed E-state index contributed by atoms with van der Waals surface area (Å²) in [5.41, 5.74) is 0.575. The lowest BCUT2D eigenvalue weighted by molar-refractivity contribution is -0.116. The second kappa shape index (κ2) is 3.71. The summed E-state index contributed by atoms with van der Waals surface area (Å²) in [4.78, 5) is 11.6. The number of hydrogen-bond donors (Lipinski definition) is 0. The second-order valence-corrected chi connectivity index (χ2v) is 5.50. The molecule has 1 amide bonds. The highest BCUT2D eigenvalue weighted by molar-refractivity contribution is 8.05. The Kier molecular flexibility index (Phi) is 2.51. The molecule has 2 rings (SSSR count). The van der Waals surface area contributed by atoms with Gasteiger partial charge in [-0.2, -0.15) is 10.1 Å². The highest BCUT2D eigenvalue weighted by Crippen LogP contribution is 2.21. The minimum Gasteiger partial charge on any atom is -0.272 e. The number of benzene rings is 1. The van der Waals surface area contributed by atoms with E-state index in [1.807, 2.05) is 6.07 Å². The molecule has 16 heavy (non-hydrogen) atoms. The molecule has 1 heterocycles. The van der Waals surface area contributed by atoms with Gasteiger partial charge in [0.05, 0.1) is 12.1 Å². The lowest BCUT2D eigenvalue weighted by atomic mass is 10.3. The van der Waals surface area contributed by atoms with Crippen molar-refractivity contribution in [1.82, 2.24) is 0 Å². The average Bonchev–Trinajstić information content (AvgIpc) is 2.61. The largest absolute Gasteiger partial charge is 0.272 e. The maximum Gasteiger partial charge on any atom is 0.254 e. The van der Waals surface area contributed by atoms with Gasteiger partial charge in [0.2, 0.25) is 0 Å². The average molecular weight is 238 g/mol. The van der Waals surface area contributed by atoms with Crippen LogP contribution < -0.4 is 5.01 Å². The van der Waals surface area contributed by atoms with Crippen molar-refractivity contribution in [2.24, 2.45) is 5.10 Å². The van der Waals surface area contributed by atoms with Crippen molar-refractivity contribution >= 4 is 26.5 Å². The van der Waals surface area contributed by atoms with Crippen LogP contribution in [0.1, 0.15) is 6.42 Å². The minimum atomic E-state index is -3.39. The molecule has 84 valence electrons. The summed E-state index contributed by atoms with van der Waals surface area (Å²) < 4.78 is 22.5. The standard InChI is InChI=1S/C10H10N2O3S/c1-16(14,15)9-7-10(13)12(11-9)8-5-3-2-4-6-8/h2-6H,7H2,1H3. The lowest BCUT2D eigenvalue weighted by Gasteiger charge is -2.10. The molecular weight excluding hydrogens is 228 g/mol. The van der Waals surface area contributed by atoms with Crippen LogP contribution in [0, 0.1) is 0 Å². The number of rotatable bonds is 1. The van der Waals surface area contributed by atoms with Crippen LogP contribution in [0.3, 0.4) is 0 Å². The normalized spacial score (nSPS) is 16.4. The third kappa shape index (κ3) is 1.96. The van der Waals surface area contributed by atoms with Gasteiger partial charge in [-0.25, -0.2) is 8.42 Å². The van der Waals surface area contributed by atoms with Crippen LogP contribution in [-0.4, -0.2) is 25.6 Å². The molecule has 1 aromatic rings. The number of carbonyl (C=O) groups is 1. The Morgan fingerprint density at radius 2 is 1.88 bits per heavy atom. The van der Waals surface area contributed by atoms with Crippen LogP contribution in [0.2, 0.25) is 0 Å². The maximum atomic E-state index is 11.6. The zero-order valence-electron chi connectivity index (χ0n) is 8.62. The minimum absolute atomic E-state index is 0.0821. The van der Waals surface area contributed by atoms with Crippen LogP contribution in [0.15, 0.2) is 35.4 Å².